The summed E-state index contributed by atoms with van der Waals surface area (Å²) in [6.45, 7) is 2.09. The number of nitrogens with one attached hydrogen (secondary N) is 1. The van der Waals surface area contributed by atoms with Gasteiger partial charge in [-0.2, -0.15) is 0 Å². The van der Waals surface area contributed by atoms with E-state index in [0.717, 1.165) is 17.3 Å². The Morgan fingerprint density at radius 1 is 1.62 bits per heavy atom. The highest BCUT2D eigenvalue weighted by atomic mass is 35.5. The lowest BCUT2D eigenvalue weighted by Crippen LogP contribution is -2.06. The fourth-order valence-corrected chi connectivity index (χ4v) is 2.64. The van der Waals surface area contributed by atoms with Crippen LogP contribution in [0.15, 0.2) is 23.2 Å². The molecule has 0 spiro atoms. The van der Waals surface area contributed by atoms with Crippen molar-refractivity contribution >= 4 is 34.2 Å². The number of hydrogen-bond donors (Lipinski definition) is 1. The number of thioether (sulfide) groups is 1. The lowest BCUT2D eigenvalue weighted by molar-refractivity contribution is 0.632. The van der Waals surface area contributed by atoms with Gasteiger partial charge >= 0.3 is 0 Å². The van der Waals surface area contributed by atoms with Gasteiger partial charge in [0, 0.05) is 10.8 Å². The summed E-state index contributed by atoms with van der Waals surface area (Å²) in [5.74, 6) is 0.647. The first-order valence-corrected chi connectivity index (χ1v) is 6.48. The molecule has 2 rings (SSSR count). The van der Waals surface area contributed by atoms with Gasteiger partial charge in [0.25, 0.3) is 0 Å². The molecule has 0 saturated carbocycles. The van der Waals surface area contributed by atoms with E-state index < -0.39 is 0 Å². The molecule has 1 aliphatic rings. The molecule has 0 aromatic heterocycles. The highest BCUT2D eigenvalue weighted by molar-refractivity contribution is 8.14. The number of hydrogen-bond acceptors (Lipinski definition) is 3. The number of rotatable bonds is 2. The van der Waals surface area contributed by atoms with E-state index in [1.807, 2.05) is 0 Å². The van der Waals surface area contributed by atoms with Crippen molar-refractivity contribution in [2.45, 2.75) is 19.4 Å². The fourth-order valence-electron chi connectivity index (χ4n) is 1.40. The number of benzene rings is 1. The van der Waals surface area contributed by atoms with Crippen LogP contribution in [-0.4, -0.2) is 17.0 Å². The summed E-state index contributed by atoms with van der Waals surface area (Å²) < 4.78 is 13.4. The molecule has 86 valence electrons. The van der Waals surface area contributed by atoms with Gasteiger partial charge in [0.2, 0.25) is 0 Å². The summed E-state index contributed by atoms with van der Waals surface area (Å²) in [4.78, 5) is 4.43. The zero-order chi connectivity index (χ0) is 11.5. The first-order chi connectivity index (χ1) is 7.69. The van der Waals surface area contributed by atoms with Crippen LogP contribution in [0.4, 0.5) is 10.1 Å². The Bertz CT molecular complexity index is 422. The lowest BCUT2D eigenvalue weighted by atomic mass is 10.3. The van der Waals surface area contributed by atoms with Crippen molar-refractivity contribution in [2.24, 2.45) is 4.99 Å². The van der Waals surface area contributed by atoms with E-state index >= 15 is 0 Å². The maximum atomic E-state index is 13.4. The van der Waals surface area contributed by atoms with Crippen LogP contribution in [0.25, 0.3) is 0 Å². The predicted molar refractivity (Wildman–Crippen MR) is 69.0 cm³/mol. The minimum absolute atomic E-state index is 0.312. The molecule has 1 aliphatic heterocycles. The summed E-state index contributed by atoms with van der Waals surface area (Å²) >= 11 is 7.42. The van der Waals surface area contributed by atoms with Crippen LogP contribution in [0.1, 0.15) is 13.3 Å². The molecule has 2 nitrogen and oxygen atoms in total. The second-order valence-electron chi connectivity index (χ2n) is 3.56. The second kappa shape index (κ2) is 5.06. The molecule has 16 heavy (non-hydrogen) atoms. The number of aliphatic imine (C=N–C) groups is 1. The van der Waals surface area contributed by atoms with Gasteiger partial charge in [-0.1, -0.05) is 30.3 Å². The topological polar surface area (TPSA) is 24.4 Å². The first-order valence-electron chi connectivity index (χ1n) is 5.11. The molecule has 0 saturated heterocycles. The van der Waals surface area contributed by atoms with Crippen LogP contribution in [0.5, 0.6) is 0 Å². The summed E-state index contributed by atoms with van der Waals surface area (Å²) in [5, 5.41) is 4.25. The van der Waals surface area contributed by atoms with Gasteiger partial charge in [0.1, 0.15) is 5.82 Å². The highest BCUT2D eigenvalue weighted by Gasteiger charge is 2.17. The average Bonchev–Trinajstić information content (AvgIpc) is 2.71. The molecule has 0 amide bonds. The molecular weight excluding hydrogens is 247 g/mol. The molecule has 0 bridgehead atoms. The van der Waals surface area contributed by atoms with Crippen LogP contribution < -0.4 is 5.32 Å². The zero-order valence-corrected chi connectivity index (χ0v) is 10.4. The summed E-state index contributed by atoms with van der Waals surface area (Å²) in [5.41, 5.74) is 0.385. The van der Waals surface area contributed by atoms with Gasteiger partial charge in [-0.05, 0) is 24.6 Å². The first kappa shape index (κ1) is 11.7. The van der Waals surface area contributed by atoms with Crippen molar-refractivity contribution in [3.05, 3.63) is 29.0 Å². The number of nitrogens with zero attached hydrogens (tertiary/aromatic N) is 1. The van der Waals surface area contributed by atoms with Gasteiger partial charge in [-0.3, -0.25) is 4.99 Å². The molecule has 0 radical (unpaired) electrons. The Labute approximate surface area is 103 Å². The van der Waals surface area contributed by atoms with Crippen molar-refractivity contribution in [1.29, 1.82) is 0 Å². The Morgan fingerprint density at radius 3 is 3.12 bits per heavy atom. The largest absolute Gasteiger partial charge is 0.333 e. The average molecular weight is 259 g/mol. The van der Waals surface area contributed by atoms with E-state index in [1.165, 1.54) is 12.1 Å². The van der Waals surface area contributed by atoms with Gasteiger partial charge in [-0.15, -0.1) is 0 Å². The standard InChI is InChI=1S/C11H12ClFN2S/c1-2-8-6-16-11(14-8)15-10-5-7(12)3-4-9(10)13/h3-5,8H,2,6H2,1H3,(H,14,15). The Hall–Kier alpha value is -0.740. The predicted octanol–water partition coefficient (Wildman–Crippen LogP) is 3.77. The van der Waals surface area contributed by atoms with E-state index in [4.69, 9.17) is 11.6 Å². The number of amidine groups is 1. The molecule has 1 atom stereocenters. The maximum absolute atomic E-state index is 13.4. The third-order valence-corrected chi connectivity index (χ3v) is 3.62. The molecule has 1 N–H and O–H groups in total. The molecular formula is C11H12ClFN2S. The lowest BCUT2D eigenvalue weighted by Gasteiger charge is -2.06. The molecule has 1 unspecified atom stereocenters. The minimum Gasteiger partial charge on any atom is -0.333 e. The van der Waals surface area contributed by atoms with Crippen molar-refractivity contribution in [2.75, 3.05) is 11.1 Å². The Morgan fingerprint density at radius 2 is 2.44 bits per heavy atom. The smallest absolute Gasteiger partial charge is 0.161 e. The molecule has 0 aliphatic carbocycles. The highest BCUT2D eigenvalue weighted by Crippen LogP contribution is 2.25. The van der Waals surface area contributed by atoms with Crippen molar-refractivity contribution < 1.29 is 4.39 Å². The van der Waals surface area contributed by atoms with E-state index in [-0.39, 0.29) is 5.82 Å². The van der Waals surface area contributed by atoms with Gasteiger partial charge in [-0.25, -0.2) is 4.39 Å². The second-order valence-corrected chi connectivity index (χ2v) is 5.00. The van der Waals surface area contributed by atoms with E-state index in [9.17, 15) is 4.39 Å². The van der Waals surface area contributed by atoms with Crippen LogP contribution >= 0.6 is 23.4 Å². The molecule has 1 aromatic rings. The van der Waals surface area contributed by atoms with E-state index in [1.54, 1.807) is 17.8 Å². The van der Waals surface area contributed by atoms with Crippen molar-refractivity contribution in [3.63, 3.8) is 0 Å². The van der Waals surface area contributed by atoms with Crippen LogP contribution in [0.3, 0.4) is 0 Å². The minimum atomic E-state index is -0.312. The zero-order valence-electron chi connectivity index (χ0n) is 8.84. The number of halogens is 2. The monoisotopic (exact) mass is 258 g/mol. The van der Waals surface area contributed by atoms with Gasteiger partial charge in [0.05, 0.1) is 11.7 Å². The summed E-state index contributed by atoms with van der Waals surface area (Å²) in [6, 6.07) is 4.79. The summed E-state index contributed by atoms with van der Waals surface area (Å²) in [6.07, 6.45) is 1.01. The third-order valence-electron chi connectivity index (χ3n) is 2.35. The van der Waals surface area contributed by atoms with E-state index in [2.05, 4.69) is 17.2 Å². The molecule has 1 aromatic carbocycles. The SMILES string of the molecule is CCC1CSC(Nc2cc(Cl)ccc2F)=N1. The van der Waals surface area contributed by atoms with Gasteiger partial charge < -0.3 is 5.32 Å². The summed E-state index contributed by atoms with van der Waals surface area (Å²) in [7, 11) is 0. The van der Waals surface area contributed by atoms with Crippen LogP contribution in [-0.2, 0) is 0 Å². The maximum Gasteiger partial charge on any atom is 0.161 e. The van der Waals surface area contributed by atoms with Crippen LogP contribution in [0, 0.1) is 5.82 Å². The Balaban J connectivity index is 2.12. The fraction of sp³-hybridized carbons (Fsp3) is 0.364. The molecule has 0 fully saturated rings. The van der Waals surface area contributed by atoms with Gasteiger partial charge in [0.15, 0.2) is 5.17 Å². The van der Waals surface area contributed by atoms with E-state index in [0.29, 0.717) is 16.8 Å². The number of anilines is 1. The normalized spacial score (nSPS) is 19.7. The van der Waals surface area contributed by atoms with Crippen molar-refractivity contribution in [3.8, 4) is 0 Å². The molecule has 1 heterocycles. The quantitative estimate of drug-likeness (QED) is 0.873. The third kappa shape index (κ3) is 2.68. The van der Waals surface area contributed by atoms with Crippen LogP contribution in [0.2, 0.25) is 5.02 Å². The Kier molecular flexibility index (Phi) is 3.71. The van der Waals surface area contributed by atoms with Crippen molar-refractivity contribution in [1.82, 2.24) is 0 Å². The molecule has 5 heteroatoms.